The van der Waals surface area contributed by atoms with Gasteiger partial charge in [0.25, 0.3) is 11.5 Å². The topological polar surface area (TPSA) is 72.4 Å². The zero-order valence-electron chi connectivity index (χ0n) is 11.9. The molecular formula is C13H19BrClN3O3. The van der Waals surface area contributed by atoms with Gasteiger partial charge in [0.1, 0.15) is 5.60 Å². The Kier molecular flexibility index (Phi) is 6.40. The van der Waals surface area contributed by atoms with Crippen LogP contribution in [0.3, 0.4) is 0 Å². The van der Waals surface area contributed by atoms with E-state index in [1.807, 2.05) is 0 Å². The number of methoxy groups -OCH3 is 1. The molecule has 1 fully saturated rings. The lowest BCUT2D eigenvalue weighted by Crippen LogP contribution is -2.51. The number of rotatable bonds is 3. The van der Waals surface area contributed by atoms with Crippen LogP contribution in [-0.2, 0) is 16.6 Å². The number of carbonyl (C=O) groups is 1. The Labute approximate surface area is 137 Å². The smallest absolute Gasteiger partial charge is 0.264 e. The van der Waals surface area contributed by atoms with Gasteiger partial charge in [0.2, 0.25) is 0 Å². The highest BCUT2D eigenvalue weighted by Crippen LogP contribution is 2.24. The minimum atomic E-state index is -0.799. The summed E-state index contributed by atoms with van der Waals surface area (Å²) in [5.74, 6) is -0.174. The average Bonchev–Trinajstić information content (AvgIpc) is 2.45. The molecule has 2 rings (SSSR count). The van der Waals surface area contributed by atoms with E-state index in [9.17, 15) is 9.59 Å². The molecule has 1 aromatic heterocycles. The van der Waals surface area contributed by atoms with Crippen molar-refractivity contribution in [2.24, 2.45) is 7.05 Å². The van der Waals surface area contributed by atoms with E-state index in [1.54, 1.807) is 26.4 Å². The van der Waals surface area contributed by atoms with Gasteiger partial charge in [0.15, 0.2) is 0 Å². The van der Waals surface area contributed by atoms with Crippen LogP contribution in [0.15, 0.2) is 21.5 Å². The molecule has 118 valence electrons. The van der Waals surface area contributed by atoms with Gasteiger partial charge in [-0.2, -0.15) is 0 Å². The minimum absolute atomic E-state index is 0. The summed E-state index contributed by atoms with van der Waals surface area (Å²) < 4.78 is 7.29. The number of hydrogen-bond donors (Lipinski definition) is 2. The molecule has 0 saturated carbocycles. The van der Waals surface area contributed by atoms with Gasteiger partial charge in [-0.1, -0.05) is 0 Å². The summed E-state index contributed by atoms with van der Waals surface area (Å²) in [7, 11) is 3.20. The summed E-state index contributed by atoms with van der Waals surface area (Å²) in [4.78, 5) is 24.1. The fourth-order valence-corrected chi connectivity index (χ4v) is 2.87. The molecular weight excluding hydrogens is 362 g/mol. The van der Waals surface area contributed by atoms with Crippen molar-refractivity contribution < 1.29 is 9.53 Å². The summed E-state index contributed by atoms with van der Waals surface area (Å²) in [6.45, 7) is 1.50. The van der Waals surface area contributed by atoms with Gasteiger partial charge in [-0.15, -0.1) is 12.4 Å². The normalized spacial score (nSPS) is 16.9. The van der Waals surface area contributed by atoms with E-state index in [1.165, 1.54) is 4.57 Å². The predicted molar refractivity (Wildman–Crippen MR) is 87.1 cm³/mol. The number of amides is 1. The molecule has 1 aromatic rings. The summed E-state index contributed by atoms with van der Waals surface area (Å²) in [5, 5.41) is 6.04. The molecule has 8 heteroatoms. The Balaban J connectivity index is 0.00000220. The van der Waals surface area contributed by atoms with Crippen LogP contribution >= 0.6 is 28.3 Å². The number of anilines is 1. The van der Waals surface area contributed by atoms with Crippen molar-refractivity contribution in [2.75, 3.05) is 25.5 Å². The van der Waals surface area contributed by atoms with Crippen molar-refractivity contribution in [3.05, 3.63) is 27.1 Å². The number of aryl methyl sites for hydroxylation is 1. The van der Waals surface area contributed by atoms with Crippen molar-refractivity contribution in [3.8, 4) is 0 Å². The van der Waals surface area contributed by atoms with E-state index in [0.29, 0.717) is 23.0 Å². The molecule has 1 aliphatic heterocycles. The zero-order chi connectivity index (χ0) is 14.8. The minimum Gasteiger partial charge on any atom is -0.368 e. The van der Waals surface area contributed by atoms with Crippen LogP contribution < -0.4 is 16.2 Å². The Morgan fingerprint density at radius 2 is 2.10 bits per heavy atom. The third kappa shape index (κ3) is 3.85. The number of nitrogens with zero attached hydrogens (tertiary/aromatic N) is 1. The van der Waals surface area contributed by atoms with Crippen molar-refractivity contribution >= 4 is 39.9 Å². The van der Waals surface area contributed by atoms with Crippen LogP contribution in [0.5, 0.6) is 0 Å². The first kappa shape index (κ1) is 18.2. The second-order valence-electron chi connectivity index (χ2n) is 4.90. The quantitative estimate of drug-likeness (QED) is 0.828. The number of ether oxygens (including phenoxy) is 1. The summed E-state index contributed by atoms with van der Waals surface area (Å²) in [5.41, 5.74) is -0.378. The van der Waals surface area contributed by atoms with Crippen molar-refractivity contribution in [2.45, 2.75) is 18.4 Å². The van der Waals surface area contributed by atoms with Crippen LogP contribution in [0, 0.1) is 0 Å². The lowest BCUT2D eigenvalue weighted by molar-refractivity contribution is -0.140. The molecule has 21 heavy (non-hydrogen) atoms. The third-order valence-corrected chi connectivity index (χ3v) is 4.18. The lowest BCUT2D eigenvalue weighted by Gasteiger charge is -2.34. The average molecular weight is 381 g/mol. The molecule has 1 saturated heterocycles. The van der Waals surface area contributed by atoms with Gasteiger partial charge >= 0.3 is 0 Å². The highest BCUT2D eigenvalue weighted by atomic mass is 79.9. The molecule has 2 heterocycles. The molecule has 1 amide bonds. The van der Waals surface area contributed by atoms with Crippen LogP contribution in [-0.4, -0.2) is 36.3 Å². The number of carbonyl (C=O) groups excluding carboxylic acids is 1. The van der Waals surface area contributed by atoms with Crippen LogP contribution in [0.25, 0.3) is 0 Å². The first-order chi connectivity index (χ1) is 9.48. The molecule has 0 atom stereocenters. The Hall–Kier alpha value is -0.890. The maximum Gasteiger partial charge on any atom is 0.264 e. The number of halogens is 2. The van der Waals surface area contributed by atoms with E-state index in [4.69, 9.17) is 4.74 Å². The first-order valence-corrected chi connectivity index (χ1v) is 7.21. The van der Waals surface area contributed by atoms with Gasteiger partial charge in [-0.25, -0.2) is 0 Å². The fraction of sp³-hybridized carbons (Fsp3) is 0.538. The van der Waals surface area contributed by atoms with Crippen LogP contribution in [0.4, 0.5) is 5.69 Å². The molecule has 0 bridgehead atoms. The second kappa shape index (κ2) is 7.40. The predicted octanol–water partition coefficient (Wildman–Crippen LogP) is 1.28. The van der Waals surface area contributed by atoms with E-state index in [-0.39, 0.29) is 23.9 Å². The number of nitrogens with one attached hydrogen (secondary N) is 2. The van der Waals surface area contributed by atoms with Crippen LogP contribution in [0.2, 0.25) is 0 Å². The Bertz CT molecular complexity index is 544. The maximum absolute atomic E-state index is 12.5. The van der Waals surface area contributed by atoms with E-state index < -0.39 is 5.60 Å². The van der Waals surface area contributed by atoms with Gasteiger partial charge in [0, 0.05) is 20.4 Å². The number of hydrogen-bond acceptors (Lipinski definition) is 4. The zero-order valence-corrected chi connectivity index (χ0v) is 14.3. The molecule has 0 spiro atoms. The Morgan fingerprint density at radius 1 is 1.48 bits per heavy atom. The summed E-state index contributed by atoms with van der Waals surface area (Å²) in [6, 6.07) is 1.60. The maximum atomic E-state index is 12.5. The summed E-state index contributed by atoms with van der Waals surface area (Å²) >= 11 is 3.19. The van der Waals surface area contributed by atoms with Crippen molar-refractivity contribution in [3.63, 3.8) is 0 Å². The van der Waals surface area contributed by atoms with Gasteiger partial charge in [-0.05, 0) is 47.9 Å². The highest BCUT2D eigenvalue weighted by molar-refractivity contribution is 9.10. The highest BCUT2D eigenvalue weighted by Gasteiger charge is 2.39. The fourth-order valence-electron chi connectivity index (χ4n) is 2.34. The largest absolute Gasteiger partial charge is 0.368 e. The van der Waals surface area contributed by atoms with Gasteiger partial charge in [-0.3, -0.25) is 9.59 Å². The molecule has 0 aliphatic carbocycles. The monoisotopic (exact) mass is 379 g/mol. The summed E-state index contributed by atoms with van der Waals surface area (Å²) in [6.07, 6.45) is 2.85. The third-order valence-electron chi connectivity index (χ3n) is 3.61. The number of pyridine rings is 1. The number of piperidine rings is 1. The van der Waals surface area contributed by atoms with Crippen molar-refractivity contribution in [1.29, 1.82) is 0 Å². The van der Waals surface area contributed by atoms with Gasteiger partial charge in [0.05, 0.1) is 10.2 Å². The van der Waals surface area contributed by atoms with E-state index in [0.717, 1.165) is 13.1 Å². The van der Waals surface area contributed by atoms with Crippen molar-refractivity contribution in [1.82, 2.24) is 9.88 Å². The molecule has 2 N–H and O–H groups in total. The second-order valence-corrected chi connectivity index (χ2v) is 5.75. The molecule has 1 aliphatic rings. The first-order valence-electron chi connectivity index (χ1n) is 6.42. The Morgan fingerprint density at radius 3 is 2.62 bits per heavy atom. The SMILES string of the molecule is COC1(C(=O)Nc2cc(Br)c(=O)n(C)c2)CCNCC1.Cl. The standard InChI is InChI=1S/C13H18BrN3O3.ClH/c1-17-8-9(7-10(14)11(17)18)16-12(19)13(20-2)3-5-15-6-4-13;/h7-8,15H,3-6H2,1-2H3,(H,16,19);1H. The molecule has 0 unspecified atom stereocenters. The van der Waals surface area contributed by atoms with E-state index in [2.05, 4.69) is 26.6 Å². The number of aromatic nitrogens is 1. The van der Waals surface area contributed by atoms with Crippen LogP contribution in [0.1, 0.15) is 12.8 Å². The molecule has 6 nitrogen and oxygen atoms in total. The lowest BCUT2D eigenvalue weighted by atomic mass is 9.91. The molecule has 0 radical (unpaired) electrons. The molecule has 0 aromatic carbocycles. The van der Waals surface area contributed by atoms with E-state index >= 15 is 0 Å². The van der Waals surface area contributed by atoms with Gasteiger partial charge < -0.3 is 19.9 Å².